The van der Waals surface area contributed by atoms with Crippen molar-refractivity contribution in [2.24, 2.45) is 10.8 Å². The van der Waals surface area contributed by atoms with Gasteiger partial charge in [-0.25, -0.2) is 0 Å². The summed E-state index contributed by atoms with van der Waals surface area (Å²) in [7, 11) is 0. The Morgan fingerprint density at radius 1 is 1.20 bits per heavy atom. The molecule has 1 aliphatic rings. The summed E-state index contributed by atoms with van der Waals surface area (Å²) in [6.45, 7) is 0.468. The van der Waals surface area contributed by atoms with E-state index in [1.165, 1.54) is 5.01 Å². The van der Waals surface area contributed by atoms with Crippen LogP contribution < -0.4 is 16.1 Å². The van der Waals surface area contributed by atoms with Gasteiger partial charge in [0.15, 0.2) is 0 Å². The van der Waals surface area contributed by atoms with Gasteiger partial charge in [-0.1, -0.05) is 24.3 Å². The first-order chi connectivity index (χ1) is 12.1. The number of nitrogens with zero attached hydrogens (tertiary/aromatic N) is 3. The van der Waals surface area contributed by atoms with Crippen LogP contribution in [0.15, 0.2) is 60.0 Å². The molecule has 0 aliphatic carbocycles. The van der Waals surface area contributed by atoms with Crippen LogP contribution in [0.4, 0.5) is 5.69 Å². The zero-order valence-corrected chi connectivity index (χ0v) is 13.6. The van der Waals surface area contributed by atoms with Gasteiger partial charge < -0.3 is 11.1 Å². The smallest absolute Gasteiger partial charge is 0.267 e. The molecule has 2 aromatic rings. The number of hydrogen-bond acceptors (Lipinski definition) is 5. The summed E-state index contributed by atoms with van der Waals surface area (Å²) in [6.07, 6.45) is 4.34. The lowest BCUT2D eigenvalue weighted by Crippen LogP contribution is -2.40. The first kappa shape index (κ1) is 16.6. The molecule has 1 aromatic carbocycles. The number of carbonyl (C=O) groups excluding carboxylic acids is 2. The molecule has 7 heteroatoms. The Morgan fingerprint density at radius 3 is 2.68 bits per heavy atom. The Balaban J connectivity index is 1.65. The highest BCUT2D eigenvalue weighted by atomic mass is 16.2. The number of aromatic nitrogens is 1. The fraction of sp³-hybridized carbons (Fsp3) is 0.222. The van der Waals surface area contributed by atoms with Crippen LogP contribution in [0, 0.1) is 0 Å². The van der Waals surface area contributed by atoms with Crippen molar-refractivity contribution in [3.63, 3.8) is 0 Å². The molecule has 0 fully saturated rings. The largest absolute Gasteiger partial charge is 0.368 e. The Morgan fingerprint density at radius 2 is 2.00 bits per heavy atom. The van der Waals surface area contributed by atoms with Crippen LogP contribution in [-0.2, 0) is 16.0 Å². The van der Waals surface area contributed by atoms with Gasteiger partial charge in [-0.15, -0.1) is 0 Å². The summed E-state index contributed by atoms with van der Waals surface area (Å²) in [6, 6.07) is 12.4. The van der Waals surface area contributed by atoms with E-state index >= 15 is 0 Å². The second kappa shape index (κ2) is 7.57. The molecule has 7 nitrogen and oxygen atoms in total. The van der Waals surface area contributed by atoms with Crippen molar-refractivity contribution in [1.82, 2.24) is 10.3 Å². The molecule has 128 valence electrons. The number of primary amides is 1. The van der Waals surface area contributed by atoms with Crippen molar-refractivity contribution in [2.75, 3.05) is 11.6 Å². The molecule has 0 saturated carbocycles. The number of anilines is 1. The maximum absolute atomic E-state index is 12.3. The number of hydrazone groups is 1. The van der Waals surface area contributed by atoms with Crippen molar-refractivity contribution in [1.29, 1.82) is 0 Å². The second-order valence-corrected chi connectivity index (χ2v) is 5.72. The third kappa shape index (κ3) is 4.00. The molecular weight excluding hydrogens is 318 g/mol. The van der Waals surface area contributed by atoms with E-state index in [0.29, 0.717) is 18.7 Å². The minimum absolute atomic E-state index is 0.197. The summed E-state index contributed by atoms with van der Waals surface area (Å²) >= 11 is 0. The van der Waals surface area contributed by atoms with Gasteiger partial charge >= 0.3 is 0 Å². The van der Waals surface area contributed by atoms with E-state index in [1.807, 2.05) is 42.5 Å². The average Bonchev–Trinajstić information content (AvgIpc) is 3.09. The predicted molar refractivity (Wildman–Crippen MR) is 94.9 cm³/mol. The maximum Gasteiger partial charge on any atom is 0.267 e. The number of carbonyl (C=O) groups is 2. The number of para-hydroxylation sites is 1. The maximum atomic E-state index is 12.3. The molecule has 25 heavy (non-hydrogen) atoms. The van der Waals surface area contributed by atoms with E-state index in [-0.39, 0.29) is 12.3 Å². The monoisotopic (exact) mass is 337 g/mol. The van der Waals surface area contributed by atoms with Crippen LogP contribution in [0.2, 0.25) is 0 Å². The summed E-state index contributed by atoms with van der Waals surface area (Å²) < 4.78 is 0. The van der Waals surface area contributed by atoms with E-state index in [1.54, 1.807) is 12.4 Å². The van der Waals surface area contributed by atoms with E-state index in [9.17, 15) is 9.59 Å². The van der Waals surface area contributed by atoms with E-state index in [0.717, 1.165) is 11.3 Å². The van der Waals surface area contributed by atoms with Gasteiger partial charge in [-0.3, -0.25) is 19.6 Å². The normalized spacial score (nSPS) is 16.4. The Labute approximate surface area is 145 Å². The highest BCUT2D eigenvalue weighted by molar-refractivity contribution is 6.40. The van der Waals surface area contributed by atoms with Gasteiger partial charge in [0.2, 0.25) is 5.91 Å². The number of benzene rings is 1. The number of pyridine rings is 1. The van der Waals surface area contributed by atoms with Crippen molar-refractivity contribution in [3.8, 4) is 0 Å². The fourth-order valence-corrected chi connectivity index (χ4v) is 2.66. The molecule has 0 bridgehead atoms. The predicted octanol–water partition coefficient (Wildman–Crippen LogP) is 0.861. The minimum atomic E-state index is -0.651. The molecule has 0 saturated heterocycles. The van der Waals surface area contributed by atoms with Crippen molar-refractivity contribution in [2.45, 2.75) is 18.9 Å². The summed E-state index contributed by atoms with van der Waals surface area (Å²) in [5, 5.41) is 8.65. The number of hydrogen-bond donors (Lipinski definition) is 2. The minimum Gasteiger partial charge on any atom is -0.368 e. The zero-order chi connectivity index (χ0) is 17.6. The molecule has 2 heterocycles. The van der Waals surface area contributed by atoms with Crippen LogP contribution in [0.3, 0.4) is 0 Å². The molecule has 1 aromatic heterocycles. The number of nitrogens with two attached hydrogens (primary N) is 1. The summed E-state index contributed by atoms with van der Waals surface area (Å²) in [4.78, 5) is 28.1. The molecule has 1 aliphatic heterocycles. The Kier molecular flexibility index (Phi) is 5.03. The summed E-state index contributed by atoms with van der Waals surface area (Å²) in [5.74, 6) is -0.792. The van der Waals surface area contributed by atoms with E-state index < -0.39 is 11.9 Å². The highest BCUT2D eigenvalue weighted by Crippen LogP contribution is 2.24. The average molecular weight is 337 g/mol. The molecule has 3 rings (SSSR count). The van der Waals surface area contributed by atoms with Crippen LogP contribution in [0.5, 0.6) is 0 Å². The van der Waals surface area contributed by atoms with Crippen molar-refractivity contribution >= 4 is 23.2 Å². The van der Waals surface area contributed by atoms with Crippen LogP contribution >= 0.6 is 0 Å². The topological polar surface area (TPSA) is 101 Å². The van der Waals surface area contributed by atoms with Crippen LogP contribution in [0.1, 0.15) is 12.0 Å². The lowest BCUT2D eigenvalue weighted by molar-refractivity contribution is -0.119. The highest BCUT2D eigenvalue weighted by Gasteiger charge is 2.34. The molecule has 3 N–H and O–H groups in total. The molecule has 0 unspecified atom stereocenters. The Hall–Kier alpha value is -3.22. The first-order valence-electron chi connectivity index (χ1n) is 8.03. The van der Waals surface area contributed by atoms with Crippen LogP contribution in [-0.4, -0.2) is 35.1 Å². The van der Waals surface area contributed by atoms with Crippen LogP contribution in [0.25, 0.3) is 0 Å². The van der Waals surface area contributed by atoms with E-state index in [2.05, 4.69) is 15.4 Å². The lowest BCUT2D eigenvalue weighted by atomic mass is 10.1. The molecule has 2 amide bonds. The first-order valence-corrected chi connectivity index (χ1v) is 8.03. The number of nitrogens with one attached hydrogen (secondary N) is 1. The molecule has 1 atom stereocenters. The van der Waals surface area contributed by atoms with Crippen molar-refractivity contribution < 1.29 is 9.59 Å². The molecule has 0 radical (unpaired) electrons. The van der Waals surface area contributed by atoms with Gasteiger partial charge in [-0.05, 0) is 30.2 Å². The van der Waals surface area contributed by atoms with Gasteiger partial charge in [0, 0.05) is 25.4 Å². The third-order valence-corrected chi connectivity index (χ3v) is 3.94. The summed E-state index contributed by atoms with van der Waals surface area (Å²) in [5.41, 5.74) is 7.54. The van der Waals surface area contributed by atoms with Crippen molar-refractivity contribution in [3.05, 3.63) is 60.4 Å². The quantitative estimate of drug-likeness (QED) is 0.816. The van der Waals surface area contributed by atoms with Gasteiger partial charge in [0.05, 0.1) is 5.69 Å². The number of rotatable bonds is 6. The molecule has 0 spiro atoms. The standard InChI is InChI=1S/C18H19N5O2/c19-17(24)16-11-15(22-23(16)14-6-2-1-3-7-14)18(25)21-10-8-13-5-4-9-20-12-13/h1-7,9,12,16H,8,10-11H2,(H2,19,24)(H,21,25)/t16-/m0/s1. The third-order valence-electron chi connectivity index (χ3n) is 3.94. The number of amides is 2. The van der Waals surface area contributed by atoms with E-state index in [4.69, 9.17) is 5.73 Å². The molecular formula is C18H19N5O2. The fourth-order valence-electron chi connectivity index (χ4n) is 2.66. The second-order valence-electron chi connectivity index (χ2n) is 5.72. The van der Waals surface area contributed by atoms with Gasteiger partial charge in [-0.2, -0.15) is 5.10 Å². The zero-order valence-electron chi connectivity index (χ0n) is 13.6. The van der Waals surface area contributed by atoms with Gasteiger partial charge in [0.25, 0.3) is 5.91 Å². The Bertz CT molecular complexity index is 777. The lowest BCUT2D eigenvalue weighted by Gasteiger charge is -2.20. The SMILES string of the molecule is NC(=O)[C@@H]1CC(C(=O)NCCc2cccnc2)=NN1c1ccccc1. The van der Waals surface area contributed by atoms with Gasteiger partial charge in [0.1, 0.15) is 11.8 Å².